The molecule has 0 bridgehead atoms. The van der Waals surface area contributed by atoms with Gasteiger partial charge in [-0.15, -0.1) is 11.8 Å². The van der Waals surface area contributed by atoms with Crippen molar-refractivity contribution in [1.82, 2.24) is 0 Å². The van der Waals surface area contributed by atoms with Gasteiger partial charge >= 0.3 is 0 Å². The average molecular weight is 220 g/mol. The molecule has 86 valence electrons. The van der Waals surface area contributed by atoms with Crippen molar-refractivity contribution in [1.29, 1.82) is 0 Å². The van der Waals surface area contributed by atoms with Crippen molar-refractivity contribution in [2.24, 2.45) is 0 Å². The van der Waals surface area contributed by atoms with Gasteiger partial charge < -0.3 is 9.59 Å². The molecule has 0 fully saturated rings. The first-order valence-corrected chi connectivity index (χ1v) is 6.83. The molecular formula is C11H26NOS+. The Morgan fingerprint density at radius 3 is 1.93 bits per heavy atom. The minimum absolute atomic E-state index is 0.164. The van der Waals surface area contributed by atoms with Gasteiger partial charge in [-0.1, -0.05) is 6.92 Å². The van der Waals surface area contributed by atoms with Crippen LogP contribution in [0.5, 0.6) is 0 Å². The van der Waals surface area contributed by atoms with Crippen molar-refractivity contribution in [2.45, 2.75) is 39.6 Å². The summed E-state index contributed by atoms with van der Waals surface area (Å²) in [5, 5.41) is 9.43. The van der Waals surface area contributed by atoms with Crippen molar-refractivity contribution in [3.63, 3.8) is 0 Å². The first kappa shape index (κ1) is 14.3. The Kier molecular flexibility index (Phi) is 7.69. The standard InChI is InChI=1S/C11H26NOS/c1-5-11(13)14-10-9-12(6-2,7-3)8-4/h11,13H,5-10H2,1-4H3/q+1. The average Bonchev–Trinajstić information content (AvgIpc) is 2.25. The summed E-state index contributed by atoms with van der Waals surface area (Å²) in [6.07, 6.45) is 0.856. The molecule has 2 nitrogen and oxygen atoms in total. The van der Waals surface area contributed by atoms with Crippen LogP contribution in [0, 0.1) is 0 Å². The fraction of sp³-hybridized carbons (Fsp3) is 1.00. The van der Waals surface area contributed by atoms with E-state index >= 15 is 0 Å². The molecule has 0 aromatic rings. The summed E-state index contributed by atoms with van der Waals surface area (Å²) >= 11 is 1.69. The van der Waals surface area contributed by atoms with Crippen LogP contribution in [0.1, 0.15) is 34.1 Å². The Hall–Kier alpha value is 0.270. The van der Waals surface area contributed by atoms with E-state index in [4.69, 9.17) is 0 Å². The Bertz CT molecular complexity index is 129. The minimum atomic E-state index is -0.164. The van der Waals surface area contributed by atoms with Crippen LogP contribution in [-0.2, 0) is 0 Å². The van der Waals surface area contributed by atoms with Crippen molar-refractivity contribution < 1.29 is 9.59 Å². The SMILES string of the molecule is CCC(O)SCC[N+](CC)(CC)CC. The predicted molar refractivity (Wildman–Crippen MR) is 65.5 cm³/mol. The highest BCUT2D eigenvalue weighted by Crippen LogP contribution is 2.14. The third-order valence-corrected chi connectivity index (χ3v) is 4.37. The number of nitrogens with zero attached hydrogens (tertiary/aromatic N) is 1. The molecule has 0 aromatic heterocycles. The van der Waals surface area contributed by atoms with Crippen LogP contribution in [0.15, 0.2) is 0 Å². The van der Waals surface area contributed by atoms with Gasteiger partial charge in [-0.2, -0.15) is 0 Å². The molecule has 14 heavy (non-hydrogen) atoms. The number of hydrogen-bond acceptors (Lipinski definition) is 2. The molecule has 0 saturated carbocycles. The molecule has 1 atom stereocenters. The smallest absolute Gasteiger partial charge is 0.0992 e. The van der Waals surface area contributed by atoms with Crippen molar-refractivity contribution in [3.05, 3.63) is 0 Å². The van der Waals surface area contributed by atoms with Gasteiger partial charge in [0, 0.05) is 5.75 Å². The number of quaternary nitrogens is 1. The highest BCUT2D eigenvalue weighted by Gasteiger charge is 2.20. The maximum Gasteiger partial charge on any atom is 0.0992 e. The zero-order chi connectivity index (χ0) is 11.0. The van der Waals surface area contributed by atoms with Crippen molar-refractivity contribution >= 4 is 11.8 Å². The molecule has 0 amide bonds. The van der Waals surface area contributed by atoms with E-state index in [1.807, 2.05) is 6.92 Å². The number of hydrogen-bond donors (Lipinski definition) is 1. The molecule has 3 heteroatoms. The summed E-state index contributed by atoms with van der Waals surface area (Å²) in [4.78, 5) is 0. The summed E-state index contributed by atoms with van der Waals surface area (Å²) in [6, 6.07) is 0. The van der Waals surface area contributed by atoms with E-state index in [2.05, 4.69) is 20.8 Å². The first-order chi connectivity index (χ1) is 6.64. The van der Waals surface area contributed by atoms with E-state index in [-0.39, 0.29) is 5.44 Å². The topological polar surface area (TPSA) is 20.2 Å². The van der Waals surface area contributed by atoms with Gasteiger partial charge in [0.1, 0.15) is 0 Å². The summed E-state index contributed by atoms with van der Waals surface area (Å²) in [5.74, 6) is 1.07. The number of aliphatic hydroxyl groups excluding tert-OH is 1. The zero-order valence-corrected chi connectivity index (χ0v) is 10.9. The Morgan fingerprint density at radius 1 is 1.07 bits per heavy atom. The lowest BCUT2D eigenvalue weighted by Gasteiger charge is -2.35. The van der Waals surface area contributed by atoms with Crippen LogP contribution in [0.2, 0.25) is 0 Å². The van der Waals surface area contributed by atoms with Gasteiger partial charge in [0.25, 0.3) is 0 Å². The number of aliphatic hydroxyl groups is 1. The second kappa shape index (κ2) is 7.55. The maximum absolute atomic E-state index is 9.43. The van der Waals surface area contributed by atoms with E-state index in [1.54, 1.807) is 11.8 Å². The molecule has 0 aliphatic carbocycles. The van der Waals surface area contributed by atoms with Crippen LogP contribution < -0.4 is 0 Å². The molecule has 0 heterocycles. The minimum Gasteiger partial charge on any atom is -0.382 e. The summed E-state index contributed by atoms with van der Waals surface area (Å²) in [7, 11) is 0. The third-order valence-electron chi connectivity index (χ3n) is 3.24. The highest BCUT2D eigenvalue weighted by molar-refractivity contribution is 7.99. The van der Waals surface area contributed by atoms with E-state index in [0.717, 1.165) is 12.2 Å². The summed E-state index contributed by atoms with van der Waals surface area (Å²) in [6.45, 7) is 13.6. The molecule has 0 aliphatic rings. The van der Waals surface area contributed by atoms with Crippen LogP contribution in [0.3, 0.4) is 0 Å². The molecule has 0 rings (SSSR count). The molecule has 1 N–H and O–H groups in total. The lowest BCUT2D eigenvalue weighted by Crippen LogP contribution is -2.49. The van der Waals surface area contributed by atoms with Crippen LogP contribution in [0.25, 0.3) is 0 Å². The lowest BCUT2D eigenvalue weighted by atomic mass is 10.3. The van der Waals surface area contributed by atoms with Gasteiger partial charge in [0.2, 0.25) is 0 Å². The first-order valence-electron chi connectivity index (χ1n) is 5.78. The van der Waals surface area contributed by atoms with Crippen molar-refractivity contribution in [2.75, 3.05) is 31.9 Å². The van der Waals surface area contributed by atoms with Crippen molar-refractivity contribution in [3.8, 4) is 0 Å². The molecule has 0 spiro atoms. The molecular weight excluding hydrogens is 194 g/mol. The monoisotopic (exact) mass is 220 g/mol. The molecule has 0 aliphatic heterocycles. The molecule has 0 radical (unpaired) electrons. The fourth-order valence-corrected chi connectivity index (χ4v) is 2.65. The maximum atomic E-state index is 9.43. The second-order valence-electron chi connectivity index (χ2n) is 3.75. The van der Waals surface area contributed by atoms with Crippen LogP contribution in [0.4, 0.5) is 0 Å². The molecule has 0 aromatic carbocycles. The number of thioether (sulfide) groups is 1. The Morgan fingerprint density at radius 2 is 1.57 bits per heavy atom. The lowest BCUT2D eigenvalue weighted by molar-refractivity contribution is -0.920. The third kappa shape index (κ3) is 4.67. The zero-order valence-electron chi connectivity index (χ0n) is 10.1. The summed E-state index contributed by atoms with van der Waals surface area (Å²) in [5.41, 5.74) is -0.164. The molecule has 0 saturated heterocycles. The van der Waals surface area contributed by atoms with Gasteiger partial charge in [-0.25, -0.2) is 0 Å². The van der Waals surface area contributed by atoms with Gasteiger partial charge in [-0.3, -0.25) is 0 Å². The fourth-order valence-electron chi connectivity index (χ4n) is 1.65. The predicted octanol–water partition coefficient (Wildman–Crippen LogP) is 2.32. The van der Waals surface area contributed by atoms with E-state index < -0.39 is 0 Å². The number of rotatable bonds is 8. The molecule has 1 unspecified atom stereocenters. The Labute approximate surface area is 93.3 Å². The van der Waals surface area contributed by atoms with E-state index in [0.29, 0.717) is 0 Å². The summed E-state index contributed by atoms with van der Waals surface area (Å²) < 4.78 is 1.18. The van der Waals surface area contributed by atoms with Gasteiger partial charge in [-0.05, 0) is 27.2 Å². The van der Waals surface area contributed by atoms with E-state index in [1.165, 1.54) is 30.7 Å². The van der Waals surface area contributed by atoms with Gasteiger partial charge in [0.05, 0.1) is 31.6 Å². The largest absolute Gasteiger partial charge is 0.382 e. The normalized spacial score (nSPS) is 14.4. The van der Waals surface area contributed by atoms with Crippen LogP contribution >= 0.6 is 11.8 Å². The van der Waals surface area contributed by atoms with Crippen LogP contribution in [-0.4, -0.2) is 47.0 Å². The Balaban J connectivity index is 3.82. The van der Waals surface area contributed by atoms with E-state index in [9.17, 15) is 5.11 Å². The highest BCUT2D eigenvalue weighted by atomic mass is 32.2. The quantitative estimate of drug-likeness (QED) is 0.500. The van der Waals surface area contributed by atoms with Gasteiger partial charge in [0.15, 0.2) is 0 Å². The second-order valence-corrected chi connectivity index (χ2v) is 5.03.